The molecule has 0 spiro atoms. The van der Waals surface area contributed by atoms with Crippen LogP contribution in [0.1, 0.15) is 17.5 Å². The van der Waals surface area contributed by atoms with Crippen molar-refractivity contribution in [3.63, 3.8) is 0 Å². The van der Waals surface area contributed by atoms with E-state index in [-0.39, 0.29) is 11.8 Å². The minimum atomic E-state index is 0.209. The van der Waals surface area contributed by atoms with Gasteiger partial charge in [-0.05, 0) is 42.5 Å². The summed E-state index contributed by atoms with van der Waals surface area (Å²) in [5.41, 5.74) is 8.26. The Labute approximate surface area is 83.5 Å². The third-order valence-corrected chi connectivity index (χ3v) is 2.77. The maximum Gasteiger partial charge on any atom is 0.160 e. The summed E-state index contributed by atoms with van der Waals surface area (Å²) < 4.78 is 5.06. The van der Waals surface area contributed by atoms with Crippen LogP contribution >= 0.6 is 0 Å². The van der Waals surface area contributed by atoms with E-state index in [0.717, 1.165) is 24.8 Å². The Hall–Kier alpha value is -1.22. The molecule has 3 heteroatoms. The van der Waals surface area contributed by atoms with Gasteiger partial charge in [0.25, 0.3) is 0 Å². The maximum absolute atomic E-state index is 9.59. The van der Waals surface area contributed by atoms with Crippen LogP contribution in [0.2, 0.25) is 0 Å². The van der Waals surface area contributed by atoms with E-state index < -0.39 is 0 Å². The zero-order valence-corrected chi connectivity index (χ0v) is 8.29. The first kappa shape index (κ1) is 9.34. The molecule has 0 aromatic heterocycles. The highest BCUT2D eigenvalue weighted by atomic mass is 16.5. The highest BCUT2D eigenvalue weighted by molar-refractivity contribution is 5.47. The summed E-state index contributed by atoms with van der Waals surface area (Å²) in [5.74, 6) is 0.763. The average Bonchev–Trinajstić information content (AvgIpc) is 2.16. The lowest BCUT2D eigenvalue weighted by molar-refractivity contribution is 0.371. The van der Waals surface area contributed by atoms with Crippen molar-refractivity contribution in [3.8, 4) is 11.5 Å². The van der Waals surface area contributed by atoms with Crippen LogP contribution in [-0.4, -0.2) is 18.3 Å². The summed E-state index contributed by atoms with van der Waals surface area (Å²) in [4.78, 5) is 0. The minimum absolute atomic E-state index is 0.209. The smallest absolute Gasteiger partial charge is 0.160 e. The third-order valence-electron chi connectivity index (χ3n) is 2.77. The molecule has 1 aromatic carbocycles. The van der Waals surface area contributed by atoms with Crippen molar-refractivity contribution in [1.29, 1.82) is 0 Å². The van der Waals surface area contributed by atoms with Crippen LogP contribution in [0, 0.1) is 0 Å². The Balaban J connectivity index is 2.40. The van der Waals surface area contributed by atoms with Crippen LogP contribution in [0.3, 0.4) is 0 Å². The first-order chi connectivity index (χ1) is 6.70. The van der Waals surface area contributed by atoms with Crippen LogP contribution in [0.15, 0.2) is 12.1 Å². The summed E-state index contributed by atoms with van der Waals surface area (Å²) >= 11 is 0. The highest BCUT2D eigenvalue weighted by Gasteiger charge is 2.17. The second-order valence-corrected chi connectivity index (χ2v) is 3.80. The number of benzene rings is 1. The molecule has 0 bridgehead atoms. The Morgan fingerprint density at radius 2 is 2.21 bits per heavy atom. The number of methoxy groups -OCH3 is 1. The number of ether oxygens (including phenoxy) is 1. The number of nitrogens with two attached hydrogens (primary N) is 1. The Kier molecular flexibility index (Phi) is 2.33. The molecule has 0 aliphatic heterocycles. The van der Waals surface area contributed by atoms with Crippen LogP contribution in [0.4, 0.5) is 0 Å². The van der Waals surface area contributed by atoms with Crippen molar-refractivity contribution in [2.45, 2.75) is 25.3 Å². The van der Waals surface area contributed by atoms with Crippen molar-refractivity contribution in [2.24, 2.45) is 5.73 Å². The number of rotatable bonds is 1. The SMILES string of the molecule is COc1cc2c(cc1O)CC(N)CC2. The van der Waals surface area contributed by atoms with Gasteiger partial charge >= 0.3 is 0 Å². The molecular formula is C11H15NO2. The van der Waals surface area contributed by atoms with E-state index in [2.05, 4.69) is 0 Å². The lowest BCUT2D eigenvalue weighted by Gasteiger charge is -2.22. The average molecular weight is 193 g/mol. The molecule has 0 heterocycles. The van der Waals surface area contributed by atoms with Gasteiger partial charge in [-0.1, -0.05) is 0 Å². The van der Waals surface area contributed by atoms with Gasteiger partial charge in [-0.15, -0.1) is 0 Å². The van der Waals surface area contributed by atoms with E-state index in [1.807, 2.05) is 6.07 Å². The molecule has 0 amide bonds. The van der Waals surface area contributed by atoms with Crippen molar-refractivity contribution < 1.29 is 9.84 Å². The van der Waals surface area contributed by atoms with E-state index in [4.69, 9.17) is 10.5 Å². The van der Waals surface area contributed by atoms with Gasteiger partial charge in [0.1, 0.15) is 0 Å². The number of aryl methyl sites for hydroxylation is 1. The monoisotopic (exact) mass is 193 g/mol. The largest absolute Gasteiger partial charge is 0.504 e. The van der Waals surface area contributed by atoms with Crippen molar-refractivity contribution in [3.05, 3.63) is 23.3 Å². The minimum Gasteiger partial charge on any atom is -0.504 e. The molecule has 1 aliphatic carbocycles. The van der Waals surface area contributed by atoms with Crippen molar-refractivity contribution in [2.75, 3.05) is 7.11 Å². The number of hydrogen-bond acceptors (Lipinski definition) is 3. The summed E-state index contributed by atoms with van der Waals surface area (Å²) in [5, 5.41) is 9.59. The number of aromatic hydroxyl groups is 1. The molecule has 1 unspecified atom stereocenters. The summed E-state index contributed by atoms with van der Waals surface area (Å²) in [6, 6.07) is 3.92. The molecule has 1 aromatic rings. The zero-order valence-electron chi connectivity index (χ0n) is 8.29. The summed E-state index contributed by atoms with van der Waals surface area (Å²) in [7, 11) is 1.57. The summed E-state index contributed by atoms with van der Waals surface area (Å²) in [6.45, 7) is 0. The van der Waals surface area contributed by atoms with Crippen LogP contribution in [0.25, 0.3) is 0 Å². The molecule has 0 saturated heterocycles. The first-order valence-corrected chi connectivity index (χ1v) is 4.85. The molecule has 1 aliphatic rings. The van der Waals surface area contributed by atoms with E-state index in [9.17, 15) is 5.11 Å². The number of phenolic OH excluding ortho intramolecular Hbond substituents is 1. The Morgan fingerprint density at radius 3 is 2.93 bits per heavy atom. The van der Waals surface area contributed by atoms with E-state index in [1.54, 1.807) is 13.2 Å². The normalized spacial score (nSPS) is 20.3. The molecule has 0 radical (unpaired) electrons. The fourth-order valence-corrected chi connectivity index (χ4v) is 1.97. The highest BCUT2D eigenvalue weighted by Crippen LogP contribution is 2.32. The van der Waals surface area contributed by atoms with E-state index >= 15 is 0 Å². The first-order valence-electron chi connectivity index (χ1n) is 4.85. The Bertz CT molecular complexity index is 349. The van der Waals surface area contributed by atoms with Crippen LogP contribution < -0.4 is 10.5 Å². The van der Waals surface area contributed by atoms with Gasteiger partial charge in [-0.3, -0.25) is 0 Å². The third kappa shape index (κ3) is 1.55. The molecular weight excluding hydrogens is 178 g/mol. The second-order valence-electron chi connectivity index (χ2n) is 3.80. The quantitative estimate of drug-likeness (QED) is 0.705. The molecule has 76 valence electrons. The van der Waals surface area contributed by atoms with Crippen molar-refractivity contribution >= 4 is 0 Å². The van der Waals surface area contributed by atoms with Crippen LogP contribution in [-0.2, 0) is 12.8 Å². The van der Waals surface area contributed by atoms with Crippen molar-refractivity contribution in [1.82, 2.24) is 0 Å². The van der Waals surface area contributed by atoms with Gasteiger partial charge in [-0.2, -0.15) is 0 Å². The molecule has 3 nitrogen and oxygen atoms in total. The second kappa shape index (κ2) is 3.50. The fourth-order valence-electron chi connectivity index (χ4n) is 1.97. The topological polar surface area (TPSA) is 55.5 Å². The summed E-state index contributed by atoms with van der Waals surface area (Å²) in [6.07, 6.45) is 2.85. The van der Waals surface area contributed by atoms with Crippen LogP contribution in [0.5, 0.6) is 11.5 Å². The van der Waals surface area contributed by atoms with E-state index in [0.29, 0.717) is 5.75 Å². The lowest BCUT2D eigenvalue weighted by atomic mass is 9.88. The fraction of sp³-hybridized carbons (Fsp3) is 0.455. The maximum atomic E-state index is 9.59. The predicted octanol–water partition coefficient (Wildman–Crippen LogP) is 1.22. The molecule has 3 N–H and O–H groups in total. The number of fused-ring (bicyclic) bond motifs is 1. The zero-order chi connectivity index (χ0) is 10.1. The van der Waals surface area contributed by atoms with Gasteiger partial charge in [-0.25, -0.2) is 0 Å². The molecule has 2 rings (SSSR count). The molecule has 14 heavy (non-hydrogen) atoms. The van der Waals surface area contributed by atoms with Gasteiger partial charge < -0.3 is 15.6 Å². The van der Waals surface area contributed by atoms with Gasteiger partial charge in [0.15, 0.2) is 11.5 Å². The molecule has 1 atom stereocenters. The predicted molar refractivity (Wildman–Crippen MR) is 54.7 cm³/mol. The Morgan fingerprint density at radius 1 is 1.43 bits per heavy atom. The standard InChI is InChI=1S/C11H15NO2/c1-14-11-6-7-2-3-9(12)4-8(7)5-10(11)13/h5-6,9,13H,2-4,12H2,1H3. The lowest BCUT2D eigenvalue weighted by Crippen LogP contribution is -2.27. The van der Waals surface area contributed by atoms with E-state index in [1.165, 1.54) is 5.56 Å². The number of phenols is 1. The molecule has 0 fully saturated rings. The van der Waals surface area contributed by atoms with Gasteiger partial charge in [0.2, 0.25) is 0 Å². The molecule has 0 saturated carbocycles. The number of hydrogen-bond donors (Lipinski definition) is 2. The van der Waals surface area contributed by atoms with Gasteiger partial charge in [0.05, 0.1) is 7.11 Å². The van der Waals surface area contributed by atoms with Gasteiger partial charge in [0, 0.05) is 6.04 Å².